The average molecular weight is 353 g/mol. The van der Waals surface area contributed by atoms with Gasteiger partial charge in [0.25, 0.3) is 0 Å². The zero-order valence-electron chi connectivity index (χ0n) is 13.7. The predicted octanol–water partition coefficient (Wildman–Crippen LogP) is 4.97. The van der Waals surface area contributed by atoms with E-state index < -0.39 is 0 Å². The first-order chi connectivity index (χ1) is 10.1. The van der Waals surface area contributed by atoms with Crippen LogP contribution in [0.1, 0.15) is 52.0 Å². The number of piperidine rings is 1. The molecule has 1 aromatic carbocycles. The molecule has 1 saturated heterocycles. The van der Waals surface area contributed by atoms with Gasteiger partial charge >= 0.3 is 0 Å². The van der Waals surface area contributed by atoms with Crippen LogP contribution >= 0.6 is 15.9 Å². The molecule has 0 amide bonds. The third-order valence-corrected chi connectivity index (χ3v) is 5.71. The van der Waals surface area contributed by atoms with Gasteiger partial charge in [-0.05, 0) is 48.9 Å². The maximum absolute atomic E-state index is 3.74. The number of rotatable bonds is 6. The molecular weight excluding hydrogens is 324 g/mol. The molecule has 1 fully saturated rings. The fraction of sp³-hybridized carbons (Fsp3) is 0.667. The van der Waals surface area contributed by atoms with Crippen molar-refractivity contribution >= 4 is 21.6 Å². The highest BCUT2D eigenvalue weighted by Crippen LogP contribution is 2.36. The molecule has 0 atom stereocenters. The van der Waals surface area contributed by atoms with Gasteiger partial charge in [-0.25, -0.2) is 0 Å². The Labute approximate surface area is 138 Å². The van der Waals surface area contributed by atoms with E-state index in [0.717, 1.165) is 13.1 Å². The second kappa shape index (κ2) is 7.64. The first-order valence-corrected chi connectivity index (χ1v) is 9.11. The van der Waals surface area contributed by atoms with Crippen molar-refractivity contribution in [3.63, 3.8) is 0 Å². The molecule has 1 heterocycles. The first kappa shape index (κ1) is 16.8. The molecule has 2 nitrogen and oxygen atoms in total. The highest BCUT2D eigenvalue weighted by molar-refractivity contribution is 9.10. The maximum atomic E-state index is 3.74. The van der Waals surface area contributed by atoms with Crippen molar-refractivity contribution in [1.82, 2.24) is 5.32 Å². The lowest BCUT2D eigenvalue weighted by molar-refractivity contribution is 0.238. The third-order valence-electron chi connectivity index (χ3n) is 4.97. The quantitative estimate of drug-likeness (QED) is 0.727. The van der Waals surface area contributed by atoms with Crippen molar-refractivity contribution in [1.29, 1.82) is 0 Å². The number of benzene rings is 1. The van der Waals surface area contributed by atoms with Gasteiger partial charge in [0.2, 0.25) is 0 Å². The molecule has 21 heavy (non-hydrogen) atoms. The van der Waals surface area contributed by atoms with Crippen molar-refractivity contribution in [2.24, 2.45) is 5.41 Å². The molecule has 1 aliphatic heterocycles. The number of anilines is 1. The van der Waals surface area contributed by atoms with Gasteiger partial charge in [0.05, 0.1) is 0 Å². The summed E-state index contributed by atoms with van der Waals surface area (Å²) in [5.41, 5.74) is 3.26. The van der Waals surface area contributed by atoms with Gasteiger partial charge in [0.15, 0.2) is 0 Å². The number of nitrogens with zero attached hydrogens (tertiary/aromatic N) is 1. The van der Waals surface area contributed by atoms with Crippen LogP contribution in [-0.2, 0) is 6.54 Å². The minimum absolute atomic E-state index is 0.553. The van der Waals surface area contributed by atoms with Crippen LogP contribution < -0.4 is 10.2 Å². The topological polar surface area (TPSA) is 15.3 Å². The highest BCUT2D eigenvalue weighted by Gasteiger charge is 2.28. The van der Waals surface area contributed by atoms with E-state index in [-0.39, 0.29) is 0 Å². The highest BCUT2D eigenvalue weighted by atomic mass is 79.9. The fourth-order valence-corrected chi connectivity index (χ4v) is 3.44. The lowest BCUT2D eigenvalue weighted by Gasteiger charge is -2.40. The number of halogens is 1. The van der Waals surface area contributed by atoms with Gasteiger partial charge in [-0.1, -0.05) is 49.2 Å². The van der Waals surface area contributed by atoms with Crippen LogP contribution in [0, 0.1) is 5.41 Å². The number of hydrogen-bond acceptors (Lipinski definition) is 2. The Morgan fingerprint density at radius 2 is 1.95 bits per heavy atom. The van der Waals surface area contributed by atoms with Gasteiger partial charge < -0.3 is 10.2 Å². The van der Waals surface area contributed by atoms with E-state index in [4.69, 9.17) is 0 Å². The summed E-state index contributed by atoms with van der Waals surface area (Å²) in [6.45, 7) is 11.4. The van der Waals surface area contributed by atoms with Gasteiger partial charge in [0, 0.05) is 29.8 Å². The molecule has 0 unspecified atom stereocenters. The molecule has 2 rings (SSSR count). The van der Waals surface area contributed by atoms with Gasteiger partial charge in [-0.15, -0.1) is 0 Å². The van der Waals surface area contributed by atoms with Crippen LogP contribution in [0.3, 0.4) is 0 Å². The van der Waals surface area contributed by atoms with Gasteiger partial charge in [0.1, 0.15) is 0 Å². The zero-order valence-corrected chi connectivity index (χ0v) is 15.3. The van der Waals surface area contributed by atoms with E-state index in [9.17, 15) is 0 Å². The van der Waals surface area contributed by atoms with E-state index in [1.807, 2.05) is 0 Å². The summed E-state index contributed by atoms with van der Waals surface area (Å²) in [4.78, 5) is 2.53. The molecule has 3 heteroatoms. The Kier molecular flexibility index (Phi) is 6.12. The summed E-state index contributed by atoms with van der Waals surface area (Å²) in [5.74, 6) is 0. The standard InChI is InChI=1S/C18H29BrN2/c1-4-10-20-14-15-6-7-16(13-17(15)19)21-11-8-18(3,5-2)9-12-21/h6-7,13,20H,4-5,8-12,14H2,1-3H3. The largest absolute Gasteiger partial charge is 0.371 e. The molecule has 0 spiro atoms. The van der Waals surface area contributed by atoms with E-state index in [1.54, 1.807) is 0 Å². The first-order valence-electron chi connectivity index (χ1n) is 8.32. The lowest BCUT2D eigenvalue weighted by atomic mass is 9.78. The molecule has 0 saturated carbocycles. The summed E-state index contributed by atoms with van der Waals surface area (Å²) >= 11 is 3.74. The Balaban J connectivity index is 1.97. The van der Waals surface area contributed by atoms with Gasteiger partial charge in [-0.2, -0.15) is 0 Å². The van der Waals surface area contributed by atoms with Crippen molar-refractivity contribution in [3.05, 3.63) is 28.2 Å². The molecule has 118 valence electrons. The predicted molar refractivity (Wildman–Crippen MR) is 96.0 cm³/mol. The molecule has 1 aromatic rings. The molecule has 0 aromatic heterocycles. The SMILES string of the molecule is CCCNCc1ccc(N2CCC(C)(CC)CC2)cc1Br. The Bertz CT molecular complexity index is 451. The van der Waals surface area contributed by atoms with Crippen LogP contribution in [0.25, 0.3) is 0 Å². The average Bonchev–Trinajstić information content (AvgIpc) is 2.50. The smallest absolute Gasteiger partial charge is 0.0377 e. The summed E-state index contributed by atoms with van der Waals surface area (Å²) in [7, 11) is 0. The fourth-order valence-electron chi connectivity index (χ4n) is 2.93. The Morgan fingerprint density at radius 3 is 2.52 bits per heavy atom. The van der Waals surface area contributed by atoms with Crippen molar-refractivity contribution in [2.45, 2.75) is 53.0 Å². The molecule has 0 radical (unpaired) electrons. The van der Waals surface area contributed by atoms with Crippen molar-refractivity contribution < 1.29 is 0 Å². The number of hydrogen-bond donors (Lipinski definition) is 1. The number of nitrogens with one attached hydrogen (secondary N) is 1. The lowest BCUT2D eigenvalue weighted by Crippen LogP contribution is -2.38. The minimum atomic E-state index is 0.553. The summed E-state index contributed by atoms with van der Waals surface area (Å²) < 4.78 is 1.23. The molecular formula is C18H29BrN2. The monoisotopic (exact) mass is 352 g/mol. The van der Waals surface area contributed by atoms with E-state index in [2.05, 4.69) is 65.1 Å². The Morgan fingerprint density at radius 1 is 1.24 bits per heavy atom. The molecule has 1 N–H and O–H groups in total. The molecule has 1 aliphatic rings. The third kappa shape index (κ3) is 4.46. The summed E-state index contributed by atoms with van der Waals surface area (Å²) in [5, 5.41) is 3.47. The molecule has 0 bridgehead atoms. The van der Waals surface area contributed by atoms with Crippen molar-refractivity contribution in [2.75, 3.05) is 24.5 Å². The van der Waals surface area contributed by atoms with E-state index >= 15 is 0 Å². The van der Waals surface area contributed by atoms with Gasteiger partial charge in [-0.3, -0.25) is 0 Å². The van der Waals surface area contributed by atoms with E-state index in [0.29, 0.717) is 5.41 Å². The normalized spacial score (nSPS) is 18.0. The van der Waals surface area contributed by atoms with Crippen LogP contribution in [0.5, 0.6) is 0 Å². The Hall–Kier alpha value is -0.540. The second-order valence-corrected chi connectivity index (χ2v) is 7.46. The zero-order chi connectivity index (χ0) is 15.3. The summed E-state index contributed by atoms with van der Waals surface area (Å²) in [6, 6.07) is 6.83. The minimum Gasteiger partial charge on any atom is -0.371 e. The molecule has 0 aliphatic carbocycles. The van der Waals surface area contributed by atoms with Crippen LogP contribution in [0.4, 0.5) is 5.69 Å². The summed E-state index contributed by atoms with van der Waals surface area (Å²) in [6.07, 6.45) is 5.09. The van der Waals surface area contributed by atoms with Crippen LogP contribution in [0.2, 0.25) is 0 Å². The van der Waals surface area contributed by atoms with Crippen LogP contribution in [0.15, 0.2) is 22.7 Å². The second-order valence-electron chi connectivity index (χ2n) is 6.60. The van der Waals surface area contributed by atoms with E-state index in [1.165, 1.54) is 54.5 Å². The van der Waals surface area contributed by atoms with Crippen LogP contribution in [-0.4, -0.2) is 19.6 Å². The van der Waals surface area contributed by atoms with Crippen molar-refractivity contribution in [3.8, 4) is 0 Å². The maximum Gasteiger partial charge on any atom is 0.0377 e.